The minimum Gasteiger partial charge on any atom is -0.381 e. The topological polar surface area (TPSA) is 105 Å². The first-order valence-electron chi connectivity index (χ1n) is 11.7. The standard InChI is InChI=1S/C26H28N6O2/c1-17(33)31-8-6-24(30-22-15-34-16-22)23(14-31)26(28)32-7-2-3-20-10-19(4-5-25(20)32)21-9-18(11-27)12-29-13-21/h4-5,9-10,12-13,22,28,30H,2-3,6-8,14-16H2,1H3. The lowest BCUT2D eigenvalue weighted by Crippen LogP contribution is -2.50. The Hall–Kier alpha value is -3.70. The van der Waals surface area contributed by atoms with Crippen LogP contribution in [-0.4, -0.2) is 60.5 Å². The van der Waals surface area contributed by atoms with Gasteiger partial charge in [0, 0.05) is 61.3 Å². The second-order valence-corrected chi connectivity index (χ2v) is 9.05. The number of ether oxygens (including phenoxy) is 1. The van der Waals surface area contributed by atoms with Crippen LogP contribution in [0.15, 0.2) is 47.9 Å². The quantitative estimate of drug-likeness (QED) is 0.541. The predicted molar refractivity (Wildman–Crippen MR) is 129 cm³/mol. The van der Waals surface area contributed by atoms with E-state index in [-0.39, 0.29) is 11.9 Å². The molecule has 0 atom stereocenters. The summed E-state index contributed by atoms with van der Waals surface area (Å²) < 4.78 is 5.32. The van der Waals surface area contributed by atoms with Crippen molar-refractivity contribution in [3.05, 3.63) is 59.1 Å². The van der Waals surface area contributed by atoms with Crippen molar-refractivity contribution in [2.24, 2.45) is 0 Å². The second-order valence-electron chi connectivity index (χ2n) is 9.05. The number of nitriles is 1. The van der Waals surface area contributed by atoms with E-state index in [9.17, 15) is 15.5 Å². The van der Waals surface area contributed by atoms with Crippen molar-refractivity contribution in [2.75, 3.05) is 37.7 Å². The lowest BCUT2D eigenvalue weighted by Gasteiger charge is -2.38. The number of nitrogens with zero attached hydrogens (tertiary/aromatic N) is 4. The van der Waals surface area contributed by atoms with Gasteiger partial charge in [0.15, 0.2) is 0 Å². The Labute approximate surface area is 199 Å². The monoisotopic (exact) mass is 456 g/mol. The summed E-state index contributed by atoms with van der Waals surface area (Å²) in [6, 6.07) is 10.5. The van der Waals surface area contributed by atoms with E-state index < -0.39 is 0 Å². The fourth-order valence-corrected chi connectivity index (χ4v) is 4.81. The Morgan fingerprint density at radius 3 is 2.79 bits per heavy atom. The molecule has 0 aliphatic carbocycles. The number of pyridine rings is 1. The highest BCUT2D eigenvalue weighted by Crippen LogP contribution is 2.33. The number of nitrogens with one attached hydrogen (secondary N) is 2. The van der Waals surface area contributed by atoms with Crippen LogP contribution in [0.25, 0.3) is 11.1 Å². The molecule has 0 bridgehead atoms. The van der Waals surface area contributed by atoms with Gasteiger partial charge in [0.25, 0.3) is 0 Å². The highest BCUT2D eigenvalue weighted by atomic mass is 16.5. The van der Waals surface area contributed by atoms with Crippen molar-refractivity contribution in [3.63, 3.8) is 0 Å². The molecule has 8 heteroatoms. The van der Waals surface area contributed by atoms with Crippen LogP contribution in [-0.2, 0) is 16.0 Å². The third-order valence-corrected chi connectivity index (χ3v) is 6.76. The van der Waals surface area contributed by atoms with E-state index in [4.69, 9.17) is 4.74 Å². The summed E-state index contributed by atoms with van der Waals surface area (Å²) in [5.41, 5.74) is 6.62. The Balaban J connectivity index is 1.46. The molecule has 1 fully saturated rings. The number of aromatic nitrogens is 1. The number of carbonyl (C=O) groups excluding carboxylic acids is 1. The molecule has 3 aliphatic heterocycles. The second kappa shape index (κ2) is 9.27. The molecule has 1 aromatic heterocycles. The van der Waals surface area contributed by atoms with Crippen LogP contribution < -0.4 is 10.2 Å². The minimum absolute atomic E-state index is 0.0354. The number of hydrogen-bond acceptors (Lipinski definition) is 6. The summed E-state index contributed by atoms with van der Waals surface area (Å²) in [7, 11) is 0. The third-order valence-electron chi connectivity index (χ3n) is 6.76. The fraction of sp³-hybridized carbons (Fsp3) is 0.385. The molecule has 1 saturated heterocycles. The maximum atomic E-state index is 12.1. The molecule has 8 nitrogen and oxygen atoms in total. The molecule has 3 aliphatic rings. The van der Waals surface area contributed by atoms with Gasteiger partial charge in [-0.2, -0.15) is 5.26 Å². The minimum atomic E-state index is 0.0354. The molecule has 2 N–H and O–H groups in total. The molecule has 34 heavy (non-hydrogen) atoms. The summed E-state index contributed by atoms with van der Waals surface area (Å²) in [4.78, 5) is 20.2. The molecule has 4 heterocycles. The van der Waals surface area contributed by atoms with E-state index in [1.165, 1.54) is 5.56 Å². The Bertz CT molecular complexity index is 1210. The molecule has 0 spiro atoms. The van der Waals surface area contributed by atoms with E-state index in [1.54, 1.807) is 19.3 Å². The fourth-order valence-electron chi connectivity index (χ4n) is 4.81. The van der Waals surface area contributed by atoms with Crippen LogP contribution in [0, 0.1) is 16.7 Å². The van der Waals surface area contributed by atoms with Crippen molar-refractivity contribution in [1.29, 1.82) is 10.7 Å². The summed E-state index contributed by atoms with van der Waals surface area (Å²) in [6.07, 6.45) is 5.93. The molecule has 174 valence electrons. The number of fused-ring (bicyclic) bond motifs is 1. The number of rotatable bonds is 4. The first-order valence-corrected chi connectivity index (χ1v) is 11.7. The number of carbonyl (C=O) groups is 1. The molecule has 0 radical (unpaired) electrons. The first kappa shape index (κ1) is 22.1. The third kappa shape index (κ3) is 4.27. The van der Waals surface area contributed by atoms with E-state index >= 15 is 0 Å². The molecule has 0 unspecified atom stereocenters. The SMILES string of the molecule is CC(=O)N1CCC(NC2COC2)=C(C(=N)N2CCCc3cc(-c4cncc(C#N)c4)ccc32)C1. The van der Waals surface area contributed by atoms with Gasteiger partial charge in [0.05, 0.1) is 31.4 Å². The van der Waals surface area contributed by atoms with Gasteiger partial charge in [-0.1, -0.05) is 6.07 Å². The number of hydrogen-bond donors (Lipinski definition) is 2. The summed E-state index contributed by atoms with van der Waals surface area (Å²) in [6.45, 7) is 4.82. The van der Waals surface area contributed by atoms with Gasteiger partial charge in [-0.15, -0.1) is 0 Å². The van der Waals surface area contributed by atoms with Crippen LogP contribution in [0.5, 0.6) is 0 Å². The largest absolute Gasteiger partial charge is 0.381 e. The first-order chi connectivity index (χ1) is 16.5. The zero-order valence-electron chi connectivity index (χ0n) is 19.3. The van der Waals surface area contributed by atoms with Gasteiger partial charge in [-0.05, 0) is 42.2 Å². The molecule has 0 saturated carbocycles. The van der Waals surface area contributed by atoms with Crippen molar-refractivity contribution >= 4 is 17.4 Å². The van der Waals surface area contributed by atoms with Gasteiger partial charge in [0.2, 0.25) is 5.91 Å². The van der Waals surface area contributed by atoms with Gasteiger partial charge < -0.3 is 19.9 Å². The summed E-state index contributed by atoms with van der Waals surface area (Å²) in [5.74, 6) is 0.490. The molecular formula is C26H28N6O2. The van der Waals surface area contributed by atoms with Crippen molar-refractivity contribution in [3.8, 4) is 17.2 Å². The van der Waals surface area contributed by atoms with Crippen LogP contribution in [0.1, 0.15) is 30.9 Å². The normalized spacial score (nSPS) is 18.1. The Morgan fingerprint density at radius 2 is 2.06 bits per heavy atom. The van der Waals surface area contributed by atoms with Gasteiger partial charge in [0.1, 0.15) is 11.9 Å². The molecule has 1 amide bonds. The molecular weight excluding hydrogens is 428 g/mol. The number of anilines is 1. The zero-order valence-corrected chi connectivity index (χ0v) is 19.3. The lowest BCUT2D eigenvalue weighted by atomic mass is 9.95. The average molecular weight is 457 g/mol. The summed E-state index contributed by atoms with van der Waals surface area (Å²) >= 11 is 0. The van der Waals surface area contributed by atoms with E-state index in [1.807, 2.05) is 17.0 Å². The number of benzene rings is 1. The van der Waals surface area contributed by atoms with Crippen LogP contribution in [0.4, 0.5) is 5.69 Å². The Kier molecular flexibility index (Phi) is 6.03. The smallest absolute Gasteiger partial charge is 0.219 e. The summed E-state index contributed by atoms with van der Waals surface area (Å²) in [5, 5.41) is 21.9. The number of aryl methyl sites for hydroxylation is 1. The Morgan fingerprint density at radius 1 is 1.21 bits per heavy atom. The van der Waals surface area contributed by atoms with Crippen molar-refractivity contribution < 1.29 is 9.53 Å². The number of amidine groups is 1. The van der Waals surface area contributed by atoms with E-state index in [2.05, 4.69) is 33.4 Å². The van der Waals surface area contributed by atoms with Crippen molar-refractivity contribution in [1.82, 2.24) is 15.2 Å². The molecule has 2 aromatic rings. The van der Waals surface area contributed by atoms with Gasteiger partial charge >= 0.3 is 0 Å². The van der Waals surface area contributed by atoms with Crippen LogP contribution in [0.2, 0.25) is 0 Å². The van der Waals surface area contributed by atoms with E-state index in [0.717, 1.165) is 53.9 Å². The highest BCUT2D eigenvalue weighted by Gasteiger charge is 2.31. The maximum Gasteiger partial charge on any atom is 0.219 e. The zero-order chi connectivity index (χ0) is 23.7. The van der Waals surface area contributed by atoms with Crippen LogP contribution in [0.3, 0.4) is 0 Å². The predicted octanol–water partition coefficient (Wildman–Crippen LogP) is 2.84. The van der Waals surface area contributed by atoms with Gasteiger partial charge in [-0.25, -0.2) is 0 Å². The lowest BCUT2D eigenvalue weighted by molar-refractivity contribution is -0.128. The maximum absolute atomic E-state index is 12.1. The van der Waals surface area contributed by atoms with Gasteiger partial charge in [-0.3, -0.25) is 15.2 Å². The average Bonchev–Trinajstić information content (AvgIpc) is 2.85. The van der Waals surface area contributed by atoms with Crippen LogP contribution >= 0.6 is 0 Å². The molecule has 5 rings (SSSR count). The van der Waals surface area contributed by atoms with E-state index in [0.29, 0.717) is 37.7 Å². The molecule has 1 aromatic carbocycles. The van der Waals surface area contributed by atoms with Crippen molar-refractivity contribution in [2.45, 2.75) is 32.2 Å². The number of amides is 1. The highest BCUT2D eigenvalue weighted by molar-refractivity contribution is 6.09.